The number of nitrogens with one attached hydrogen (secondary N) is 1. The van der Waals surface area contributed by atoms with E-state index in [1.54, 1.807) is 11.8 Å². The Morgan fingerprint density at radius 3 is 2.71 bits per heavy atom. The average Bonchev–Trinajstić information content (AvgIpc) is 2.82. The Morgan fingerprint density at radius 1 is 1.38 bits per heavy atom. The van der Waals surface area contributed by atoms with Crippen molar-refractivity contribution in [2.45, 2.75) is 57.4 Å². The van der Waals surface area contributed by atoms with E-state index >= 15 is 0 Å². The molecule has 0 aromatic carbocycles. The van der Waals surface area contributed by atoms with Gasteiger partial charge in [-0.15, -0.1) is 0 Å². The molecule has 1 N–H and O–H groups in total. The van der Waals surface area contributed by atoms with Gasteiger partial charge in [0.1, 0.15) is 6.04 Å². The summed E-state index contributed by atoms with van der Waals surface area (Å²) >= 11 is 1.93. The quantitative estimate of drug-likeness (QED) is 0.849. The molecule has 0 spiro atoms. The highest BCUT2D eigenvalue weighted by Crippen LogP contribution is 2.40. The second kappa shape index (κ2) is 6.46. The van der Waals surface area contributed by atoms with Crippen molar-refractivity contribution in [3.63, 3.8) is 0 Å². The van der Waals surface area contributed by atoms with E-state index in [4.69, 9.17) is 4.74 Å². The minimum Gasteiger partial charge on any atom is -0.450 e. The summed E-state index contributed by atoms with van der Waals surface area (Å²) in [4.78, 5) is 26.4. The Labute approximate surface area is 131 Å². The zero-order chi connectivity index (χ0) is 15.6. The molecule has 0 radical (unpaired) electrons. The summed E-state index contributed by atoms with van der Waals surface area (Å²) in [5.41, 5.74) is -0.295. The van der Waals surface area contributed by atoms with E-state index in [0.29, 0.717) is 24.3 Å². The normalized spacial score (nSPS) is 29.0. The van der Waals surface area contributed by atoms with Crippen LogP contribution in [0.3, 0.4) is 0 Å². The minimum absolute atomic E-state index is 0.0681. The molecule has 0 bridgehead atoms. The number of carbonyl (C=O) groups excluding carboxylic acids is 2. The zero-order valence-corrected chi connectivity index (χ0v) is 14.2. The molecular weight excluding hydrogens is 288 g/mol. The van der Waals surface area contributed by atoms with Crippen molar-refractivity contribution in [2.75, 3.05) is 18.9 Å². The van der Waals surface area contributed by atoms with Crippen LogP contribution in [-0.2, 0) is 9.53 Å². The third-order valence-corrected chi connectivity index (χ3v) is 5.39. The molecule has 2 unspecified atom stereocenters. The van der Waals surface area contributed by atoms with Gasteiger partial charge in [0.25, 0.3) is 0 Å². The van der Waals surface area contributed by atoms with Crippen molar-refractivity contribution in [3.05, 3.63) is 0 Å². The van der Waals surface area contributed by atoms with Gasteiger partial charge in [-0.05, 0) is 52.2 Å². The van der Waals surface area contributed by atoms with E-state index in [0.717, 1.165) is 18.6 Å². The third kappa shape index (κ3) is 4.05. The van der Waals surface area contributed by atoms with Crippen LogP contribution < -0.4 is 5.32 Å². The lowest BCUT2D eigenvalue weighted by Gasteiger charge is -2.40. The van der Waals surface area contributed by atoms with Gasteiger partial charge in [0, 0.05) is 17.3 Å². The first-order chi connectivity index (χ1) is 9.81. The fourth-order valence-corrected chi connectivity index (χ4v) is 4.55. The second-order valence-corrected chi connectivity index (χ2v) is 8.15. The standard InChI is InChI=1S/C15H26N2O3S/c1-5-20-14(19)17-9-10-6-7-21-12(10)8-11(17)13(18)16-15(2,3)4/h10-12H,5-9H2,1-4H3,(H,16,18)/t10?,11-,12?/m0/s1. The van der Waals surface area contributed by atoms with Gasteiger partial charge in [0.05, 0.1) is 6.61 Å². The molecule has 2 amide bonds. The number of hydrogen-bond donors (Lipinski definition) is 1. The maximum absolute atomic E-state index is 12.6. The lowest BCUT2D eigenvalue weighted by molar-refractivity contribution is -0.128. The summed E-state index contributed by atoms with van der Waals surface area (Å²) in [6.45, 7) is 8.63. The molecule has 0 aliphatic carbocycles. The number of amides is 2. The number of rotatable bonds is 2. The molecule has 21 heavy (non-hydrogen) atoms. The van der Waals surface area contributed by atoms with Crippen molar-refractivity contribution >= 4 is 23.8 Å². The molecule has 0 aromatic rings. The van der Waals surface area contributed by atoms with Crippen LogP contribution in [0.1, 0.15) is 40.5 Å². The van der Waals surface area contributed by atoms with E-state index in [1.807, 2.05) is 32.5 Å². The van der Waals surface area contributed by atoms with Gasteiger partial charge in [0.15, 0.2) is 0 Å². The van der Waals surface area contributed by atoms with Crippen molar-refractivity contribution < 1.29 is 14.3 Å². The third-order valence-electron chi connectivity index (χ3n) is 3.91. The molecule has 2 aliphatic rings. The van der Waals surface area contributed by atoms with E-state index in [-0.39, 0.29) is 17.5 Å². The molecule has 6 heteroatoms. The molecule has 2 saturated heterocycles. The minimum atomic E-state index is -0.407. The van der Waals surface area contributed by atoms with Crippen LogP contribution in [0.4, 0.5) is 4.79 Å². The topological polar surface area (TPSA) is 58.6 Å². The SMILES string of the molecule is CCOC(=O)N1CC2CCSC2C[C@H]1C(=O)NC(C)(C)C. The van der Waals surface area contributed by atoms with Crippen LogP contribution in [0.2, 0.25) is 0 Å². The van der Waals surface area contributed by atoms with Gasteiger partial charge in [-0.2, -0.15) is 11.8 Å². The Kier molecular flexibility index (Phi) is 5.07. The maximum Gasteiger partial charge on any atom is 0.410 e. The van der Waals surface area contributed by atoms with E-state index < -0.39 is 6.04 Å². The summed E-state index contributed by atoms with van der Waals surface area (Å²) < 4.78 is 5.14. The molecule has 2 heterocycles. The number of likely N-dealkylation sites (tertiary alicyclic amines) is 1. The van der Waals surface area contributed by atoms with Crippen LogP contribution in [0.5, 0.6) is 0 Å². The Morgan fingerprint density at radius 2 is 2.10 bits per heavy atom. The first-order valence-electron chi connectivity index (χ1n) is 7.69. The molecule has 2 rings (SSSR count). The highest BCUT2D eigenvalue weighted by atomic mass is 32.2. The fourth-order valence-electron chi connectivity index (χ4n) is 3.00. The molecule has 0 saturated carbocycles. The van der Waals surface area contributed by atoms with Crippen molar-refractivity contribution in [1.29, 1.82) is 0 Å². The smallest absolute Gasteiger partial charge is 0.410 e. The highest BCUT2D eigenvalue weighted by Gasteiger charge is 2.44. The first-order valence-corrected chi connectivity index (χ1v) is 8.73. The fraction of sp³-hybridized carbons (Fsp3) is 0.867. The number of fused-ring (bicyclic) bond motifs is 1. The Bertz CT molecular complexity index is 408. The molecular formula is C15H26N2O3S. The molecule has 2 fully saturated rings. The summed E-state index contributed by atoms with van der Waals surface area (Å²) in [5.74, 6) is 1.55. The number of ether oxygens (including phenoxy) is 1. The van der Waals surface area contributed by atoms with Gasteiger partial charge in [0.2, 0.25) is 5.91 Å². The largest absolute Gasteiger partial charge is 0.450 e. The zero-order valence-electron chi connectivity index (χ0n) is 13.3. The highest BCUT2D eigenvalue weighted by molar-refractivity contribution is 8.00. The lowest BCUT2D eigenvalue weighted by atomic mass is 9.90. The summed E-state index contributed by atoms with van der Waals surface area (Å²) in [6, 6.07) is -0.407. The molecule has 0 aromatic heterocycles. The maximum atomic E-state index is 12.6. The van der Waals surface area contributed by atoms with Crippen molar-refractivity contribution in [1.82, 2.24) is 10.2 Å². The van der Waals surface area contributed by atoms with Gasteiger partial charge in [-0.1, -0.05) is 0 Å². The molecule has 5 nitrogen and oxygen atoms in total. The van der Waals surface area contributed by atoms with E-state index in [9.17, 15) is 9.59 Å². The number of carbonyl (C=O) groups is 2. The number of nitrogens with zero attached hydrogens (tertiary/aromatic N) is 1. The second-order valence-electron chi connectivity index (χ2n) is 6.80. The van der Waals surface area contributed by atoms with E-state index in [1.165, 1.54) is 0 Å². The lowest BCUT2D eigenvalue weighted by Crippen LogP contribution is -2.58. The molecule has 2 aliphatic heterocycles. The van der Waals surface area contributed by atoms with Gasteiger partial charge < -0.3 is 10.1 Å². The van der Waals surface area contributed by atoms with Crippen LogP contribution >= 0.6 is 11.8 Å². The predicted octanol–water partition coefficient (Wildman–Crippen LogP) is 2.25. The number of hydrogen-bond acceptors (Lipinski definition) is 4. The summed E-state index contributed by atoms with van der Waals surface area (Å²) in [5, 5.41) is 3.49. The van der Waals surface area contributed by atoms with Crippen LogP contribution in [0.25, 0.3) is 0 Å². The van der Waals surface area contributed by atoms with Crippen LogP contribution in [-0.4, -0.2) is 52.6 Å². The predicted molar refractivity (Wildman–Crippen MR) is 84.4 cm³/mol. The molecule has 3 atom stereocenters. The number of thioether (sulfide) groups is 1. The first kappa shape index (κ1) is 16.5. The summed E-state index contributed by atoms with van der Waals surface area (Å²) in [7, 11) is 0. The van der Waals surface area contributed by atoms with Crippen molar-refractivity contribution in [2.24, 2.45) is 5.92 Å². The molecule has 120 valence electrons. The average molecular weight is 314 g/mol. The van der Waals surface area contributed by atoms with Gasteiger partial charge in [-0.25, -0.2) is 4.79 Å². The van der Waals surface area contributed by atoms with Crippen LogP contribution in [0, 0.1) is 5.92 Å². The van der Waals surface area contributed by atoms with Crippen LogP contribution in [0.15, 0.2) is 0 Å². The monoisotopic (exact) mass is 314 g/mol. The van der Waals surface area contributed by atoms with Gasteiger partial charge in [-0.3, -0.25) is 9.69 Å². The number of piperidine rings is 1. The van der Waals surface area contributed by atoms with Gasteiger partial charge >= 0.3 is 6.09 Å². The Hall–Kier alpha value is -0.910. The van der Waals surface area contributed by atoms with E-state index in [2.05, 4.69) is 5.32 Å². The van der Waals surface area contributed by atoms with Crippen molar-refractivity contribution in [3.8, 4) is 0 Å². The summed E-state index contributed by atoms with van der Waals surface area (Å²) in [6.07, 6.45) is 1.50. The Balaban J connectivity index is 2.12.